The number of allylic oxidation sites excluding steroid dienone is 1. The van der Waals surface area contributed by atoms with Crippen LogP contribution in [0.3, 0.4) is 0 Å². The van der Waals surface area contributed by atoms with Crippen molar-refractivity contribution in [2.75, 3.05) is 0 Å². The minimum atomic E-state index is -0.750. The first-order valence-corrected chi connectivity index (χ1v) is 5.89. The van der Waals surface area contributed by atoms with Crippen LogP contribution >= 0.6 is 0 Å². The van der Waals surface area contributed by atoms with Gasteiger partial charge in [-0.3, -0.25) is 0 Å². The fourth-order valence-corrected chi connectivity index (χ4v) is 2.10. The van der Waals surface area contributed by atoms with Gasteiger partial charge in [-0.05, 0) is 36.7 Å². The smallest absolute Gasteiger partial charge is 0.103 e. The van der Waals surface area contributed by atoms with Gasteiger partial charge in [-0.25, -0.2) is 0 Å². The fraction of sp³-hybridized carbons (Fsp3) is 0.714. The molecule has 0 heterocycles. The molecule has 2 unspecified atom stereocenters. The second kappa shape index (κ2) is 4.13. The third-order valence-electron chi connectivity index (χ3n) is 4.09. The lowest BCUT2D eigenvalue weighted by molar-refractivity contribution is 0.0891. The Labute approximate surface area is 93.9 Å². The monoisotopic (exact) mass is 208 g/mol. The molecule has 0 fully saturated rings. The quantitative estimate of drug-likeness (QED) is 0.701. The van der Waals surface area contributed by atoms with Crippen molar-refractivity contribution in [3.8, 4) is 0 Å². The van der Waals surface area contributed by atoms with Gasteiger partial charge in [0.2, 0.25) is 0 Å². The highest BCUT2D eigenvalue weighted by atomic mass is 16.3. The van der Waals surface area contributed by atoms with Crippen LogP contribution < -0.4 is 0 Å². The maximum Gasteiger partial charge on any atom is 0.103 e. The summed E-state index contributed by atoms with van der Waals surface area (Å²) < 4.78 is 0. The van der Waals surface area contributed by atoms with Gasteiger partial charge in [-0.2, -0.15) is 0 Å². The first-order chi connectivity index (χ1) is 6.82. The Bertz CT molecular complexity index is 275. The van der Waals surface area contributed by atoms with E-state index >= 15 is 0 Å². The van der Waals surface area contributed by atoms with E-state index in [9.17, 15) is 5.11 Å². The lowest BCUT2D eigenvalue weighted by atomic mass is 9.69. The molecule has 0 aromatic rings. The summed E-state index contributed by atoms with van der Waals surface area (Å²) in [7, 11) is 0. The summed E-state index contributed by atoms with van der Waals surface area (Å²) in [6, 6.07) is 0. The van der Waals surface area contributed by atoms with Crippen LogP contribution in [0.1, 0.15) is 47.0 Å². The Morgan fingerprint density at radius 3 is 2.53 bits per heavy atom. The van der Waals surface area contributed by atoms with Crippen LogP contribution in [0.4, 0.5) is 0 Å². The van der Waals surface area contributed by atoms with Crippen LogP contribution in [0, 0.1) is 11.3 Å². The van der Waals surface area contributed by atoms with Gasteiger partial charge in [-0.1, -0.05) is 45.9 Å². The third-order valence-corrected chi connectivity index (χ3v) is 4.09. The SMILES string of the molecule is C=C(C)C1(O)C=CC(C(C)(C)CC)CC1. The van der Waals surface area contributed by atoms with Crippen molar-refractivity contribution in [1.29, 1.82) is 0 Å². The van der Waals surface area contributed by atoms with Gasteiger partial charge in [0.15, 0.2) is 0 Å². The average molecular weight is 208 g/mol. The molecule has 0 aromatic carbocycles. The lowest BCUT2D eigenvalue weighted by Gasteiger charge is -2.38. The number of hydrogen-bond acceptors (Lipinski definition) is 1. The molecule has 0 aliphatic heterocycles. The zero-order valence-corrected chi connectivity index (χ0v) is 10.5. The van der Waals surface area contributed by atoms with Crippen LogP contribution in [-0.4, -0.2) is 10.7 Å². The lowest BCUT2D eigenvalue weighted by Crippen LogP contribution is -2.34. The van der Waals surface area contributed by atoms with Gasteiger partial charge >= 0.3 is 0 Å². The number of rotatable bonds is 3. The normalized spacial score (nSPS) is 31.7. The Hall–Kier alpha value is -0.560. The maximum absolute atomic E-state index is 10.2. The first-order valence-electron chi connectivity index (χ1n) is 5.89. The zero-order chi connectivity index (χ0) is 11.7. The molecule has 0 saturated heterocycles. The van der Waals surface area contributed by atoms with Crippen molar-refractivity contribution in [3.63, 3.8) is 0 Å². The Balaban J connectivity index is 2.79. The van der Waals surface area contributed by atoms with E-state index in [1.807, 2.05) is 13.0 Å². The zero-order valence-electron chi connectivity index (χ0n) is 10.5. The van der Waals surface area contributed by atoms with Gasteiger partial charge in [0.1, 0.15) is 5.60 Å². The van der Waals surface area contributed by atoms with Crippen molar-refractivity contribution < 1.29 is 5.11 Å². The molecule has 0 aromatic heterocycles. The Kier molecular flexibility index (Phi) is 3.44. The Morgan fingerprint density at radius 1 is 1.60 bits per heavy atom. The average Bonchev–Trinajstić information content (AvgIpc) is 2.18. The highest BCUT2D eigenvalue weighted by Gasteiger charge is 2.34. The van der Waals surface area contributed by atoms with Crippen LogP contribution in [-0.2, 0) is 0 Å². The molecule has 1 N–H and O–H groups in total. The van der Waals surface area contributed by atoms with Crippen LogP contribution in [0.15, 0.2) is 24.3 Å². The molecule has 0 spiro atoms. The van der Waals surface area contributed by atoms with E-state index in [1.54, 1.807) is 0 Å². The van der Waals surface area contributed by atoms with Gasteiger partial charge in [0, 0.05) is 0 Å². The molecular weight excluding hydrogens is 184 g/mol. The third kappa shape index (κ3) is 2.52. The van der Waals surface area contributed by atoms with E-state index in [4.69, 9.17) is 0 Å². The Morgan fingerprint density at radius 2 is 2.20 bits per heavy atom. The molecule has 1 heteroatoms. The molecule has 15 heavy (non-hydrogen) atoms. The minimum absolute atomic E-state index is 0.340. The van der Waals surface area contributed by atoms with E-state index in [1.165, 1.54) is 6.42 Å². The van der Waals surface area contributed by atoms with Gasteiger partial charge in [0.05, 0.1) is 0 Å². The van der Waals surface area contributed by atoms with Crippen LogP contribution in [0.25, 0.3) is 0 Å². The van der Waals surface area contributed by atoms with Crippen molar-refractivity contribution in [2.45, 2.75) is 52.6 Å². The molecule has 1 aliphatic carbocycles. The molecule has 2 atom stereocenters. The van der Waals surface area contributed by atoms with Crippen molar-refractivity contribution >= 4 is 0 Å². The van der Waals surface area contributed by atoms with Crippen molar-refractivity contribution in [2.24, 2.45) is 11.3 Å². The molecule has 1 nitrogen and oxygen atoms in total. The van der Waals surface area contributed by atoms with E-state index in [2.05, 4.69) is 33.4 Å². The van der Waals surface area contributed by atoms with E-state index in [0.29, 0.717) is 11.3 Å². The maximum atomic E-state index is 10.2. The summed E-state index contributed by atoms with van der Waals surface area (Å²) >= 11 is 0. The van der Waals surface area contributed by atoms with Crippen LogP contribution in [0.2, 0.25) is 0 Å². The molecule has 0 radical (unpaired) electrons. The standard InChI is InChI=1S/C14H24O/c1-6-13(4,5)12-7-9-14(15,10-8-12)11(2)3/h7,9,12,15H,2,6,8,10H2,1,3-5H3. The topological polar surface area (TPSA) is 20.2 Å². The highest BCUT2D eigenvalue weighted by molar-refractivity contribution is 5.23. The number of hydrogen-bond donors (Lipinski definition) is 1. The minimum Gasteiger partial charge on any atom is -0.381 e. The number of aliphatic hydroxyl groups is 1. The molecule has 86 valence electrons. The molecule has 1 rings (SSSR count). The van der Waals surface area contributed by atoms with Gasteiger partial charge < -0.3 is 5.11 Å². The second-order valence-electron chi connectivity index (χ2n) is 5.55. The van der Waals surface area contributed by atoms with E-state index in [-0.39, 0.29) is 0 Å². The van der Waals surface area contributed by atoms with E-state index < -0.39 is 5.60 Å². The summed E-state index contributed by atoms with van der Waals surface area (Å²) in [4.78, 5) is 0. The summed E-state index contributed by atoms with van der Waals surface area (Å²) in [5, 5.41) is 10.2. The predicted molar refractivity (Wildman–Crippen MR) is 65.7 cm³/mol. The molecular formula is C14H24O. The van der Waals surface area contributed by atoms with Gasteiger partial charge in [0.25, 0.3) is 0 Å². The predicted octanol–water partition coefficient (Wildman–Crippen LogP) is 3.70. The van der Waals surface area contributed by atoms with E-state index in [0.717, 1.165) is 18.4 Å². The molecule has 1 aliphatic rings. The van der Waals surface area contributed by atoms with Crippen molar-refractivity contribution in [3.05, 3.63) is 24.3 Å². The highest BCUT2D eigenvalue weighted by Crippen LogP contribution is 2.40. The molecule has 0 bridgehead atoms. The van der Waals surface area contributed by atoms with Crippen LogP contribution in [0.5, 0.6) is 0 Å². The molecule has 0 amide bonds. The van der Waals surface area contributed by atoms with Gasteiger partial charge in [-0.15, -0.1) is 0 Å². The second-order valence-corrected chi connectivity index (χ2v) is 5.55. The molecule has 0 saturated carbocycles. The summed E-state index contributed by atoms with van der Waals surface area (Å²) in [6.07, 6.45) is 7.17. The summed E-state index contributed by atoms with van der Waals surface area (Å²) in [6.45, 7) is 12.6. The fourth-order valence-electron chi connectivity index (χ4n) is 2.10. The first kappa shape index (κ1) is 12.5. The summed E-state index contributed by atoms with van der Waals surface area (Å²) in [5.74, 6) is 0.585. The summed E-state index contributed by atoms with van der Waals surface area (Å²) in [5.41, 5.74) is 0.444. The largest absolute Gasteiger partial charge is 0.381 e. The van der Waals surface area contributed by atoms with Crippen molar-refractivity contribution in [1.82, 2.24) is 0 Å².